The number of hydrogen-bond acceptors (Lipinski definition) is 2. The van der Waals surface area contributed by atoms with E-state index in [2.05, 4.69) is 0 Å². The SMILES string of the molecule is CN(Cc1cccc(Cl)c1)C(C)(C)C(=O)O. The second-order valence-corrected chi connectivity index (χ2v) is 4.79. The Kier molecular flexibility index (Phi) is 3.94. The van der Waals surface area contributed by atoms with E-state index in [1.165, 1.54) is 0 Å². The highest BCUT2D eigenvalue weighted by Gasteiger charge is 2.31. The van der Waals surface area contributed by atoms with Crippen LogP contribution < -0.4 is 0 Å². The Bertz CT molecular complexity index is 390. The maximum atomic E-state index is 11.1. The maximum Gasteiger partial charge on any atom is 0.323 e. The molecule has 0 fully saturated rings. The molecule has 0 atom stereocenters. The van der Waals surface area contributed by atoms with Gasteiger partial charge < -0.3 is 5.11 Å². The molecule has 1 N–H and O–H groups in total. The highest BCUT2D eigenvalue weighted by molar-refractivity contribution is 6.30. The largest absolute Gasteiger partial charge is 0.480 e. The minimum Gasteiger partial charge on any atom is -0.480 e. The number of halogens is 1. The molecule has 0 amide bonds. The average molecular weight is 242 g/mol. The highest BCUT2D eigenvalue weighted by atomic mass is 35.5. The van der Waals surface area contributed by atoms with E-state index >= 15 is 0 Å². The van der Waals surface area contributed by atoms with Gasteiger partial charge in [0, 0.05) is 11.6 Å². The Morgan fingerprint density at radius 1 is 1.50 bits per heavy atom. The van der Waals surface area contributed by atoms with Gasteiger partial charge >= 0.3 is 5.97 Å². The van der Waals surface area contributed by atoms with E-state index in [-0.39, 0.29) is 0 Å². The topological polar surface area (TPSA) is 40.5 Å². The number of carboxylic acid groups (broad SMARTS) is 1. The number of carbonyl (C=O) groups is 1. The van der Waals surface area contributed by atoms with Crippen molar-refractivity contribution in [1.29, 1.82) is 0 Å². The fourth-order valence-corrected chi connectivity index (χ4v) is 1.48. The summed E-state index contributed by atoms with van der Waals surface area (Å²) in [6.45, 7) is 3.92. The summed E-state index contributed by atoms with van der Waals surface area (Å²) in [7, 11) is 1.79. The molecule has 0 bridgehead atoms. The van der Waals surface area contributed by atoms with Gasteiger partial charge in [-0.15, -0.1) is 0 Å². The number of aliphatic carboxylic acids is 1. The molecule has 1 aromatic carbocycles. The molecule has 0 heterocycles. The molecule has 0 unspecified atom stereocenters. The number of hydrogen-bond donors (Lipinski definition) is 1. The van der Waals surface area contributed by atoms with Crippen molar-refractivity contribution in [2.24, 2.45) is 0 Å². The molecule has 16 heavy (non-hydrogen) atoms. The minimum absolute atomic E-state index is 0.555. The molecule has 88 valence electrons. The molecule has 4 heteroatoms. The van der Waals surface area contributed by atoms with Gasteiger partial charge in [0.25, 0.3) is 0 Å². The molecule has 0 aliphatic heterocycles. The summed E-state index contributed by atoms with van der Waals surface area (Å²) >= 11 is 5.87. The first-order valence-corrected chi connectivity index (χ1v) is 5.41. The zero-order valence-electron chi connectivity index (χ0n) is 9.70. The van der Waals surface area contributed by atoms with Crippen molar-refractivity contribution in [3.05, 3.63) is 34.9 Å². The van der Waals surface area contributed by atoms with Crippen molar-refractivity contribution in [3.63, 3.8) is 0 Å². The van der Waals surface area contributed by atoms with Crippen LogP contribution >= 0.6 is 11.6 Å². The van der Waals surface area contributed by atoms with Crippen LogP contribution in [-0.2, 0) is 11.3 Å². The van der Waals surface area contributed by atoms with E-state index in [1.807, 2.05) is 18.2 Å². The van der Waals surface area contributed by atoms with Crippen molar-refractivity contribution in [1.82, 2.24) is 4.90 Å². The number of benzene rings is 1. The summed E-state index contributed by atoms with van der Waals surface area (Å²) in [6, 6.07) is 7.43. The Hall–Kier alpha value is -1.06. The van der Waals surface area contributed by atoms with Crippen molar-refractivity contribution in [3.8, 4) is 0 Å². The standard InChI is InChI=1S/C12H16ClNO2/c1-12(2,11(15)16)14(3)8-9-5-4-6-10(13)7-9/h4-7H,8H2,1-3H3,(H,15,16). The average Bonchev–Trinajstić information content (AvgIpc) is 2.17. The van der Waals surface area contributed by atoms with Crippen LogP contribution in [0.25, 0.3) is 0 Å². The van der Waals surface area contributed by atoms with Gasteiger partial charge in [-0.05, 0) is 38.6 Å². The normalized spacial score (nSPS) is 11.8. The van der Waals surface area contributed by atoms with E-state index in [9.17, 15) is 4.79 Å². The van der Waals surface area contributed by atoms with E-state index in [0.29, 0.717) is 11.6 Å². The van der Waals surface area contributed by atoms with Crippen LogP contribution in [0.4, 0.5) is 0 Å². The van der Waals surface area contributed by atoms with Crippen LogP contribution in [-0.4, -0.2) is 28.6 Å². The van der Waals surface area contributed by atoms with Gasteiger partial charge in [-0.1, -0.05) is 23.7 Å². The third-order valence-electron chi connectivity index (χ3n) is 2.79. The molecule has 3 nitrogen and oxygen atoms in total. The Morgan fingerprint density at radius 2 is 2.12 bits per heavy atom. The Morgan fingerprint density at radius 3 is 2.62 bits per heavy atom. The molecule has 0 saturated carbocycles. The third-order valence-corrected chi connectivity index (χ3v) is 3.02. The van der Waals surface area contributed by atoms with Gasteiger partial charge in [0.1, 0.15) is 5.54 Å². The van der Waals surface area contributed by atoms with E-state index in [1.54, 1.807) is 31.9 Å². The van der Waals surface area contributed by atoms with Crippen LogP contribution in [0.1, 0.15) is 19.4 Å². The van der Waals surface area contributed by atoms with Crippen LogP contribution in [0.5, 0.6) is 0 Å². The second kappa shape index (κ2) is 4.85. The summed E-state index contributed by atoms with van der Waals surface area (Å²) in [5.41, 5.74) is 0.117. The predicted molar refractivity (Wildman–Crippen MR) is 64.6 cm³/mol. The number of nitrogens with zero attached hydrogens (tertiary/aromatic N) is 1. The summed E-state index contributed by atoms with van der Waals surface area (Å²) < 4.78 is 0. The van der Waals surface area contributed by atoms with Gasteiger partial charge in [-0.25, -0.2) is 0 Å². The zero-order valence-corrected chi connectivity index (χ0v) is 10.5. The van der Waals surface area contributed by atoms with Gasteiger partial charge in [-0.2, -0.15) is 0 Å². The molecule has 0 saturated heterocycles. The first-order valence-electron chi connectivity index (χ1n) is 5.03. The Labute approximate surface area is 101 Å². The lowest BCUT2D eigenvalue weighted by Gasteiger charge is -2.31. The molecule has 0 aliphatic rings. The van der Waals surface area contributed by atoms with Crippen molar-refractivity contribution < 1.29 is 9.90 Å². The van der Waals surface area contributed by atoms with Gasteiger partial charge in [0.15, 0.2) is 0 Å². The molecule has 0 spiro atoms. The second-order valence-electron chi connectivity index (χ2n) is 4.35. The zero-order chi connectivity index (χ0) is 12.3. The minimum atomic E-state index is -0.887. The highest BCUT2D eigenvalue weighted by Crippen LogP contribution is 2.18. The smallest absolute Gasteiger partial charge is 0.323 e. The van der Waals surface area contributed by atoms with Crippen LogP contribution in [0.2, 0.25) is 5.02 Å². The van der Waals surface area contributed by atoms with Crippen molar-refractivity contribution in [2.45, 2.75) is 25.9 Å². The van der Waals surface area contributed by atoms with Crippen molar-refractivity contribution >= 4 is 17.6 Å². The number of carboxylic acids is 1. The predicted octanol–water partition coefficient (Wildman–Crippen LogP) is 2.63. The quantitative estimate of drug-likeness (QED) is 0.881. The van der Waals surface area contributed by atoms with Gasteiger partial charge in [0.05, 0.1) is 0 Å². The van der Waals surface area contributed by atoms with Gasteiger partial charge in [0.2, 0.25) is 0 Å². The number of likely N-dealkylation sites (N-methyl/N-ethyl adjacent to an activating group) is 1. The molecule has 1 aromatic rings. The molecule has 1 rings (SSSR count). The molecule has 0 radical (unpaired) electrons. The third kappa shape index (κ3) is 2.97. The summed E-state index contributed by atoms with van der Waals surface area (Å²) in [5.74, 6) is -0.836. The molecule has 0 aromatic heterocycles. The molecular weight excluding hydrogens is 226 g/mol. The fourth-order valence-electron chi connectivity index (χ4n) is 1.27. The summed E-state index contributed by atoms with van der Waals surface area (Å²) in [6.07, 6.45) is 0. The van der Waals surface area contributed by atoms with Crippen molar-refractivity contribution in [2.75, 3.05) is 7.05 Å². The molecular formula is C12H16ClNO2. The summed E-state index contributed by atoms with van der Waals surface area (Å²) in [5, 5.41) is 9.74. The lowest BCUT2D eigenvalue weighted by molar-refractivity contribution is -0.148. The maximum absolute atomic E-state index is 11.1. The Balaban J connectivity index is 2.79. The first-order chi connectivity index (χ1) is 7.34. The fraction of sp³-hybridized carbons (Fsp3) is 0.417. The van der Waals surface area contributed by atoms with Crippen LogP contribution in [0, 0.1) is 0 Å². The van der Waals surface area contributed by atoms with Crippen LogP contribution in [0.3, 0.4) is 0 Å². The van der Waals surface area contributed by atoms with E-state index in [4.69, 9.17) is 16.7 Å². The first kappa shape index (κ1) is 13.0. The lowest BCUT2D eigenvalue weighted by Crippen LogP contribution is -2.47. The number of rotatable bonds is 4. The monoisotopic (exact) mass is 241 g/mol. The van der Waals surface area contributed by atoms with Crippen LogP contribution in [0.15, 0.2) is 24.3 Å². The van der Waals surface area contributed by atoms with E-state index < -0.39 is 11.5 Å². The molecule has 0 aliphatic carbocycles. The lowest BCUT2D eigenvalue weighted by atomic mass is 10.0. The van der Waals surface area contributed by atoms with Gasteiger partial charge in [-0.3, -0.25) is 9.69 Å². The summed E-state index contributed by atoms with van der Waals surface area (Å²) in [4.78, 5) is 12.8. The van der Waals surface area contributed by atoms with E-state index in [0.717, 1.165) is 5.56 Å².